The van der Waals surface area contributed by atoms with Gasteiger partial charge in [-0.2, -0.15) is 5.10 Å². The Labute approximate surface area is 189 Å². The Morgan fingerprint density at radius 2 is 1.47 bits per heavy atom. The van der Waals surface area contributed by atoms with Crippen molar-refractivity contribution in [3.05, 3.63) is 108 Å². The number of aryl methyl sites for hydroxylation is 2. The van der Waals surface area contributed by atoms with E-state index in [1.165, 1.54) is 5.56 Å². The molecule has 0 amide bonds. The summed E-state index contributed by atoms with van der Waals surface area (Å²) in [6, 6.07) is 30.4. The molecule has 1 unspecified atom stereocenters. The number of nitrogens with one attached hydrogen (secondary N) is 1. The van der Waals surface area contributed by atoms with Crippen molar-refractivity contribution in [3.8, 4) is 0 Å². The Balaban J connectivity index is 1.62. The van der Waals surface area contributed by atoms with Gasteiger partial charge in [-0.15, -0.1) is 0 Å². The second-order valence-corrected chi connectivity index (χ2v) is 11.4. The molecule has 5 heteroatoms. The number of hydrogen-bond donors (Lipinski definition) is 1. The quantitative estimate of drug-likeness (QED) is 0.406. The minimum Gasteiger partial charge on any atom is -0.366 e. The van der Waals surface area contributed by atoms with Gasteiger partial charge >= 0.3 is 0 Å². The molecular formula is C27H28N3OP. The first-order chi connectivity index (χ1) is 15.7. The molecule has 0 radical (unpaired) electrons. The van der Waals surface area contributed by atoms with Crippen molar-refractivity contribution >= 4 is 23.6 Å². The van der Waals surface area contributed by atoms with Crippen molar-refractivity contribution in [2.24, 2.45) is 7.05 Å². The van der Waals surface area contributed by atoms with E-state index in [0.717, 1.165) is 46.9 Å². The molecule has 0 saturated heterocycles. The molecule has 4 aromatic rings. The molecule has 1 aliphatic carbocycles. The van der Waals surface area contributed by atoms with Crippen molar-refractivity contribution in [3.63, 3.8) is 0 Å². The summed E-state index contributed by atoms with van der Waals surface area (Å²) >= 11 is 0. The van der Waals surface area contributed by atoms with Gasteiger partial charge in [0.15, 0.2) is 7.14 Å². The Morgan fingerprint density at radius 3 is 2.06 bits per heavy atom. The molecule has 4 nitrogen and oxygen atoms in total. The smallest absolute Gasteiger partial charge is 0.150 e. The van der Waals surface area contributed by atoms with Crippen LogP contribution >= 0.6 is 7.14 Å². The summed E-state index contributed by atoms with van der Waals surface area (Å²) in [6.45, 7) is 0.709. The lowest BCUT2D eigenvalue weighted by molar-refractivity contribution is 0.562. The van der Waals surface area contributed by atoms with Gasteiger partial charge < -0.3 is 9.88 Å². The highest BCUT2D eigenvalue weighted by Crippen LogP contribution is 2.62. The Bertz CT molecular complexity index is 1190. The van der Waals surface area contributed by atoms with Crippen molar-refractivity contribution in [2.75, 3.05) is 5.32 Å². The predicted molar refractivity (Wildman–Crippen MR) is 132 cm³/mol. The van der Waals surface area contributed by atoms with Crippen LogP contribution in [0.25, 0.3) is 0 Å². The Hall–Kier alpha value is -3.10. The molecule has 1 aliphatic rings. The van der Waals surface area contributed by atoms with E-state index in [2.05, 4.69) is 29.6 Å². The maximum atomic E-state index is 15.1. The maximum Gasteiger partial charge on any atom is 0.150 e. The monoisotopic (exact) mass is 441 g/mol. The number of hydrogen-bond acceptors (Lipinski definition) is 3. The molecule has 1 N–H and O–H groups in total. The average Bonchev–Trinajstić information content (AvgIpc) is 3.19. The largest absolute Gasteiger partial charge is 0.366 e. The van der Waals surface area contributed by atoms with Crippen LogP contribution in [-0.4, -0.2) is 9.78 Å². The van der Waals surface area contributed by atoms with Gasteiger partial charge in [0.2, 0.25) is 0 Å². The summed E-state index contributed by atoms with van der Waals surface area (Å²) < 4.78 is 17.0. The van der Waals surface area contributed by atoms with Crippen LogP contribution in [0.2, 0.25) is 0 Å². The zero-order chi connectivity index (χ0) is 22.0. The third-order valence-electron chi connectivity index (χ3n) is 6.41. The number of benzene rings is 3. The highest BCUT2D eigenvalue weighted by Gasteiger charge is 2.42. The summed E-state index contributed by atoms with van der Waals surface area (Å²) in [5, 5.41) is 10.3. The molecule has 0 aliphatic heterocycles. The average molecular weight is 442 g/mol. The summed E-state index contributed by atoms with van der Waals surface area (Å²) in [4.78, 5) is 0. The van der Waals surface area contributed by atoms with E-state index in [1.807, 2.05) is 78.5 Å². The Kier molecular flexibility index (Phi) is 5.71. The summed E-state index contributed by atoms with van der Waals surface area (Å²) in [5.74, 6) is 0.987. The standard InChI is InChI=1S/C27H28N3OP/c1-30-27(28-20-21-12-5-2-6-13-21)26-24(29-30)18-11-19-25(26)32(31,22-14-7-3-8-15-22)23-16-9-4-10-17-23/h2-10,12-17,25,28H,11,18-20H2,1H3. The van der Waals surface area contributed by atoms with E-state index in [9.17, 15) is 0 Å². The zero-order valence-corrected chi connectivity index (χ0v) is 19.2. The minimum atomic E-state index is -2.93. The normalized spacial score (nSPS) is 15.8. The van der Waals surface area contributed by atoms with Gasteiger partial charge in [-0.25, -0.2) is 0 Å². The molecule has 1 heterocycles. The van der Waals surface area contributed by atoms with Gasteiger partial charge in [0, 0.05) is 29.8 Å². The second kappa shape index (κ2) is 8.80. The van der Waals surface area contributed by atoms with Crippen LogP contribution in [0.5, 0.6) is 0 Å². The van der Waals surface area contributed by atoms with Gasteiger partial charge in [0.25, 0.3) is 0 Å². The summed E-state index contributed by atoms with van der Waals surface area (Å²) in [6.07, 6.45) is 2.81. The molecule has 1 aromatic heterocycles. The highest BCUT2D eigenvalue weighted by atomic mass is 31.2. The van der Waals surface area contributed by atoms with Crippen LogP contribution < -0.4 is 15.9 Å². The van der Waals surface area contributed by atoms with Crippen LogP contribution in [0, 0.1) is 0 Å². The van der Waals surface area contributed by atoms with Crippen LogP contribution in [-0.2, 0) is 24.6 Å². The molecule has 3 aromatic carbocycles. The van der Waals surface area contributed by atoms with Crippen molar-refractivity contribution in [1.29, 1.82) is 0 Å². The molecular weight excluding hydrogens is 413 g/mol. The molecule has 0 saturated carbocycles. The van der Waals surface area contributed by atoms with E-state index in [-0.39, 0.29) is 5.66 Å². The Morgan fingerprint density at radius 1 is 0.906 bits per heavy atom. The molecule has 162 valence electrons. The predicted octanol–water partition coefficient (Wildman–Crippen LogP) is 5.42. The van der Waals surface area contributed by atoms with E-state index >= 15 is 4.57 Å². The SMILES string of the molecule is Cn1nc2c(c1NCc1ccccc1)C(P(=O)(c1ccccc1)c1ccccc1)CCC2. The molecule has 0 spiro atoms. The van der Waals surface area contributed by atoms with E-state index in [4.69, 9.17) is 5.10 Å². The van der Waals surface area contributed by atoms with Crippen LogP contribution in [0.15, 0.2) is 91.0 Å². The molecule has 5 rings (SSSR count). The van der Waals surface area contributed by atoms with Gasteiger partial charge in [0.05, 0.1) is 11.4 Å². The molecule has 32 heavy (non-hydrogen) atoms. The van der Waals surface area contributed by atoms with E-state index in [1.54, 1.807) is 0 Å². The number of anilines is 1. The lowest BCUT2D eigenvalue weighted by Gasteiger charge is -2.32. The van der Waals surface area contributed by atoms with Crippen LogP contribution in [0.4, 0.5) is 5.82 Å². The van der Waals surface area contributed by atoms with Crippen molar-refractivity contribution in [1.82, 2.24) is 9.78 Å². The van der Waals surface area contributed by atoms with Crippen LogP contribution in [0.1, 0.15) is 35.3 Å². The third kappa shape index (κ3) is 3.69. The van der Waals surface area contributed by atoms with Crippen molar-refractivity contribution < 1.29 is 4.57 Å². The maximum absolute atomic E-state index is 15.1. The fraction of sp³-hybridized carbons (Fsp3) is 0.222. The fourth-order valence-electron chi connectivity index (χ4n) is 4.90. The second-order valence-electron chi connectivity index (χ2n) is 8.41. The summed E-state index contributed by atoms with van der Waals surface area (Å²) in [5.41, 5.74) is 3.32. The number of nitrogens with zero attached hydrogens (tertiary/aromatic N) is 2. The third-order valence-corrected chi connectivity index (χ3v) is 9.93. The van der Waals surface area contributed by atoms with Crippen LogP contribution in [0.3, 0.4) is 0 Å². The van der Waals surface area contributed by atoms with Gasteiger partial charge in [-0.05, 0) is 24.8 Å². The highest BCUT2D eigenvalue weighted by molar-refractivity contribution is 7.79. The van der Waals surface area contributed by atoms with Crippen molar-refractivity contribution in [2.45, 2.75) is 31.5 Å². The molecule has 0 bridgehead atoms. The first kappa shape index (κ1) is 20.8. The topological polar surface area (TPSA) is 46.9 Å². The molecule has 0 fully saturated rings. The van der Waals surface area contributed by atoms with E-state index in [0.29, 0.717) is 6.54 Å². The zero-order valence-electron chi connectivity index (χ0n) is 18.3. The first-order valence-corrected chi connectivity index (χ1v) is 13.0. The van der Waals surface area contributed by atoms with Gasteiger partial charge in [0.1, 0.15) is 5.82 Å². The lowest BCUT2D eigenvalue weighted by Crippen LogP contribution is -2.24. The first-order valence-electron chi connectivity index (χ1n) is 11.2. The van der Waals surface area contributed by atoms with Gasteiger partial charge in [-0.1, -0.05) is 91.0 Å². The lowest BCUT2D eigenvalue weighted by atomic mass is 9.96. The van der Waals surface area contributed by atoms with E-state index < -0.39 is 7.14 Å². The summed E-state index contributed by atoms with van der Waals surface area (Å²) in [7, 11) is -0.950. The number of rotatable bonds is 6. The minimum absolute atomic E-state index is 0.0944. The number of fused-ring (bicyclic) bond motifs is 1. The molecule has 1 atom stereocenters. The fourth-order valence-corrected chi connectivity index (χ4v) is 8.33. The van der Waals surface area contributed by atoms with Gasteiger partial charge in [-0.3, -0.25) is 4.68 Å². The number of aromatic nitrogens is 2.